The van der Waals surface area contributed by atoms with Crippen molar-refractivity contribution in [2.45, 2.75) is 25.8 Å². The van der Waals surface area contributed by atoms with Crippen molar-refractivity contribution in [3.8, 4) is 0 Å². The van der Waals surface area contributed by atoms with Gasteiger partial charge in [0.1, 0.15) is 0 Å². The van der Waals surface area contributed by atoms with Crippen molar-refractivity contribution in [3.05, 3.63) is 34.9 Å². The molecule has 2 N–H and O–H groups in total. The Morgan fingerprint density at radius 2 is 2.29 bits per heavy atom. The van der Waals surface area contributed by atoms with Gasteiger partial charge in [-0.1, -0.05) is 31.0 Å². The van der Waals surface area contributed by atoms with E-state index in [1.807, 2.05) is 6.92 Å². The number of aliphatic hydroxyl groups is 1. The summed E-state index contributed by atoms with van der Waals surface area (Å²) in [6.07, 6.45) is 1.43. The van der Waals surface area contributed by atoms with E-state index in [0.29, 0.717) is 17.0 Å². The second-order valence-electron chi connectivity index (χ2n) is 3.66. The summed E-state index contributed by atoms with van der Waals surface area (Å²) >= 11 is 10.5. The first kappa shape index (κ1) is 13.9. The minimum Gasteiger partial charge on any atom is -0.500 e. The van der Waals surface area contributed by atoms with E-state index in [0.717, 1.165) is 6.42 Å². The summed E-state index contributed by atoms with van der Waals surface area (Å²) in [6, 6.07) is 6.13. The summed E-state index contributed by atoms with van der Waals surface area (Å²) in [5.74, 6) is -0.289. The predicted octanol–water partition coefficient (Wildman–Crippen LogP) is 3.12. The van der Waals surface area contributed by atoms with Crippen LogP contribution >= 0.6 is 23.8 Å². The van der Waals surface area contributed by atoms with Crippen LogP contribution in [0, 0.1) is 0 Å². The lowest BCUT2D eigenvalue weighted by atomic mass is 10.1. The maximum atomic E-state index is 11.8. The molecule has 1 rings (SSSR count). The van der Waals surface area contributed by atoms with Crippen LogP contribution in [0.25, 0.3) is 0 Å². The Morgan fingerprint density at radius 1 is 1.59 bits per heavy atom. The quantitative estimate of drug-likeness (QED) is 0.809. The lowest BCUT2D eigenvalue weighted by molar-refractivity contribution is 0.0943. The van der Waals surface area contributed by atoms with E-state index in [4.69, 9.17) is 23.8 Å². The molecule has 0 aliphatic carbocycles. The number of nitrogens with one attached hydrogen (secondary N) is 1. The minimum atomic E-state index is -0.485. The molecule has 92 valence electrons. The van der Waals surface area contributed by atoms with Crippen LogP contribution in [0.15, 0.2) is 24.3 Å². The molecule has 1 aromatic rings. The lowest BCUT2D eigenvalue weighted by Gasteiger charge is -2.15. The standard InChI is InChI=1S/C12H14ClNO2S/c1-2-4-10(12(16)17)14-11(15)8-5-3-6-9(13)7-8/h3,5-7,10H,2,4H2,1H3,(H,14,15)(H,16,17). The number of hydrogen-bond donors (Lipinski definition) is 2. The first-order valence-corrected chi connectivity index (χ1v) is 6.12. The molecular weight excluding hydrogens is 258 g/mol. The van der Waals surface area contributed by atoms with Gasteiger partial charge < -0.3 is 10.4 Å². The summed E-state index contributed by atoms with van der Waals surface area (Å²) in [5, 5.41) is 12.3. The topological polar surface area (TPSA) is 49.3 Å². The number of hydrogen-bond acceptors (Lipinski definition) is 2. The number of carbonyl (C=O) groups excluding carboxylic acids is 1. The maximum Gasteiger partial charge on any atom is 0.251 e. The summed E-state index contributed by atoms with van der Waals surface area (Å²) in [7, 11) is 0. The van der Waals surface area contributed by atoms with E-state index in [-0.39, 0.29) is 11.0 Å². The molecule has 0 saturated heterocycles. The molecule has 1 atom stereocenters. The molecular formula is C12H14ClNO2S. The lowest BCUT2D eigenvalue weighted by Crippen LogP contribution is -2.39. The number of carbonyl (C=O) groups is 1. The molecule has 0 bridgehead atoms. The van der Waals surface area contributed by atoms with Gasteiger partial charge >= 0.3 is 0 Å². The van der Waals surface area contributed by atoms with Crippen LogP contribution in [-0.4, -0.2) is 22.1 Å². The third-order valence-electron chi connectivity index (χ3n) is 2.27. The molecule has 0 aliphatic heterocycles. The van der Waals surface area contributed by atoms with Crippen LogP contribution in [0.3, 0.4) is 0 Å². The van der Waals surface area contributed by atoms with Crippen LogP contribution < -0.4 is 5.32 Å². The van der Waals surface area contributed by atoms with Crippen molar-refractivity contribution in [1.29, 1.82) is 0 Å². The van der Waals surface area contributed by atoms with Gasteiger partial charge in [-0.2, -0.15) is 0 Å². The highest BCUT2D eigenvalue weighted by molar-refractivity contribution is 7.80. The molecule has 1 aromatic carbocycles. The van der Waals surface area contributed by atoms with Crippen molar-refractivity contribution >= 4 is 34.8 Å². The summed E-state index contributed by atoms with van der Waals surface area (Å²) in [4.78, 5) is 11.8. The number of aliphatic hydroxyl groups excluding tert-OH is 1. The zero-order valence-corrected chi connectivity index (χ0v) is 11.0. The van der Waals surface area contributed by atoms with Crippen LogP contribution in [0.2, 0.25) is 5.02 Å². The smallest absolute Gasteiger partial charge is 0.251 e. The summed E-state index contributed by atoms with van der Waals surface area (Å²) in [6.45, 7) is 1.96. The Hall–Kier alpha value is -1.13. The maximum absolute atomic E-state index is 11.8. The van der Waals surface area contributed by atoms with Gasteiger partial charge in [0.15, 0.2) is 5.05 Å². The fourth-order valence-corrected chi connectivity index (χ4v) is 1.78. The van der Waals surface area contributed by atoms with E-state index in [1.165, 1.54) is 0 Å². The number of benzene rings is 1. The Kier molecular flexibility index (Phi) is 5.38. The van der Waals surface area contributed by atoms with Gasteiger partial charge in [0.25, 0.3) is 5.91 Å². The number of thiocarbonyl (C=S) groups is 1. The monoisotopic (exact) mass is 271 g/mol. The van der Waals surface area contributed by atoms with Gasteiger partial charge in [-0.25, -0.2) is 0 Å². The van der Waals surface area contributed by atoms with Gasteiger partial charge in [0.2, 0.25) is 0 Å². The van der Waals surface area contributed by atoms with Crippen molar-refractivity contribution in [1.82, 2.24) is 5.32 Å². The molecule has 0 radical (unpaired) electrons. The molecule has 0 heterocycles. The zero-order valence-electron chi connectivity index (χ0n) is 9.44. The molecule has 5 heteroatoms. The Bertz CT molecular complexity index is 423. The van der Waals surface area contributed by atoms with Crippen molar-refractivity contribution in [3.63, 3.8) is 0 Å². The molecule has 0 saturated carbocycles. The normalized spacial score (nSPS) is 11.9. The van der Waals surface area contributed by atoms with Crippen LogP contribution in [0.1, 0.15) is 30.1 Å². The minimum absolute atomic E-state index is 0.192. The zero-order chi connectivity index (χ0) is 12.8. The number of amides is 1. The van der Waals surface area contributed by atoms with Crippen LogP contribution in [0.5, 0.6) is 0 Å². The Balaban J connectivity index is 2.73. The molecule has 1 unspecified atom stereocenters. The molecule has 0 aliphatic rings. The summed E-state index contributed by atoms with van der Waals surface area (Å²) in [5.41, 5.74) is 0.454. The average Bonchev–Trinajstić information content (AvgIpc) is 2.28. The predicted molar refractivity (Wildman–Crippen MR) is 72.8 cm³/mol. The van der Waals surface area contributed by atoms with E-state index in [2.05, 4.69) is 5.32 Å². The third kappa shape index (κ3) is 4.32. The van der Waals surface area contributed by atoms with E-state index < -0.39 is 6.04 Å². The second kappa shape index (κ2) is 6.57. The SMILES string of the molecule is CCCC(NC(=O)c1cccc(Cl)c1)C(O)=S. The molecule has 0 fully saturated rings. The fourth-order valence-electron chi connectivity index (χ4n) is 1.42. The van der Waals surface area contributed by atoms with Crippen molar-refractivity contribution < 1.29 is 9.90 Å². The van der Waals surface area contributed by atoms with E-state index in [9.17, 15) is 9.90 Å². The highest BCUT2D eigenvalue weighted by Crippen LogP contribution is 2.11. The number of rotatable bonds is 5. The van der Waals surface area contributed by atoms with Crippen LogP contribution in [0.4, 0.5) is 0 Å². The first-order chi connectivity index (χ1) is 8.04. The van der Waals surface area contributed by atoms with Gasteiger partial charge in [0, 0.05) is 10.6 Å². The van der Waals surface area contributed by atoms with Gasteiger partial charge in [-0.05, 0) is 36.8 Å². The Morgan fingerprint density at radius 3 is 2.82 bits per heavy atom. The number of halogens is 1. The van der Waals surface area contributed by atoms with Gasteiger partial charge in [-0.15, -0.1) is 0 Å². The first-order valence-electron chi connectivity index (χ1n) is 5.33. The van der Waals surface area contributed by atoms with Gasteiger partial charge in [-0.3, -0.25) is 4.79 Å². The summed E-state index contributed by atoms with van der Waals surface area (Å²) < 4.78 is 0. The third-order valence-corrected chi connectivity index (χ3v) is 2.79. The molecule has 1 amide bonds. The highest BCUT2D eigenvalue weighted by Gasteiger charge is 2.16. The van der Waals surface area contributed by atoms with Crippen molar-refractivity contribution in [2.24, 2.45) is 0 Å². The molecule has 0 aromatic heterocycles. The largest absolute Gasteiger partial charge is 0.500 e. The fraction of sp³-hybridized carbons (Fsp3) is 0.333. The molecule has 0 spiro atoms. The average molecular weight is 272 g/mol. The van der Waals surface area contributed by atoms with Crippen molar-refractivity contribution in [2.75, 3.05) is 0 Å². The Labute approximate surface area is 111 Å². The van der Waals surface area contributed by atoms with Gasteiger partial charge in [0.05, 0.1) is 6.04 Å². The molecule has 3 nitrogen and oxygen atoms in total. The molecule has 17 heavy (non-hydrogen) atoms. The van der Waals surface area contributed by atoms with E-state index >= 15 is 0 Å². The second-order valence-corrected chi connectivity index (χ2v) is 4.52. The highest BCUT2D eigenvalue weighted by atomic mass is 35.5. The van der Waals surface area contributed by atoms with E-state index in [1.54, 1.807) is 24.3 Å². The van der Waals surface area contributed by atoms with Crippen LogP contribution in [-0.2, 0) is 0 Å².